The SMILES string of the molecule is CNC1CCCCCC1n1nc(C)c(C)c1C. The van der Waals surface area contributed by atoms with Crippen molar-refractivity contribution in [3.05, 3.63) is 17.0 Å². The van der Waals surface area contributed by atoms with Gasteiger partial charge in [0, 0.05) is 11.7 Å². The summed E-state index contributed by atoms with van der Waals surface area (Å²) in [6, 6.07) is 1.12. The minimum atomic E-state index is 0.537. The summed E-state index contributed by atoms with van der Waals surface area (Å²) in [5, 5.41) is 8.24. The maximum atomic E-state index is 4.75. The third-order valence-electron chi connectivity index (χ3n) is 4.35. The Morgan fingerprint density at radius 2 is 1.82 bits per heavy atom. The number of likely N-dealkylation sites (N-methyl/N-ethyl adjacent to an activating group) is 1. The van der Waals surface area contributed by atoms with Crippen molar-refractivity contribution in [2.45, 2.75) is 65.0 Å². The second-order valence-electron chi connectivity index (χ2n) is 5.34. The van der Waals surface area contributed by atoms with E-state index in [1.54, 1.807) is 0 Å². The van der Waals surface area contributed by atoms with E-state index < -0.39 is 0 Å². The van der Waals surface area contributed by atoms with Crippen LogP contribution in [-0.4, -0.2) is 22.9 Å². The Morgan fingerprint density at radius 1 is 1.12 bits per heavy atom. The molecule has 0 radical (unpaired) electrons. The standard InChI is InChI=1S/C14H25N3/c1-10-11(2)16-17(12(10)3)14-9-7-5-6-8-13(14)15-4/h13-15H,5-9H2,1-4H3. The van der Waals surface area contributed by atoms with Crippen LogP contribution in [0.5, 0.6) is 0 Å². The van der Waals surface area contributed by atoms with Crippen molar-refractivity contribution in [1.29, 1.82) is 0 Å². The second kappa shape index (κ2) is 5.21. The highest BCUT2D eigenvalue weighted by Crippen LogP contribution is 2.29. The molecule has 1 aromatic rings. The highest BCUT2D eigenvalue weighted by molar-refractivity contribution is 5.23. The van der Waals surface area contributed by atoms with Crippen LogP contribution in [0.1, 0.15) is 55.1 Å². The molecular weight excluding hydrogens is 210 g/mol. The van der Waals surface area contributed by atoms with E-state index in [0.29, 0.717) is 12.1 Å². The maximum Gasteiger partial charge on any atom is 0.0675 e. The molecule has 2 unspecified atom stereocenters. The first-order valence-electron chi connectivity index (χ1n) is 6.84. The van der Waals surface area contributed by atoms with Gasteiger partial charge in [0.25, 0.3) is 0 Å². The fraction of sp³-hybridized carbons (Fsp3) is 0.786. The van der Waals surface area contributed by atoms with Crippen LogP contribution in [0.4, 0.5) is 0 Å². The number of aromatic nitrogens is 2. The summed E-state index contributed by atoms with van der Waals surface area (Å²) in [6.45, 7) is 6.50. The molecule has 1 aliphatic rings. The van der Waals surface area contributed by atoms with E-state index in [-0.39, 0.29) is 0 Å². The molecule has 1 N–H and O–H groups in total. The molecule has 1 fully saturated rings. The number of rotatable bonds is 2. The molecule has 3 nitrogen and oxygen atoms in total. The van der Waals surface area contributed by atoms with Gasteiger partial charge >= 0.3 is 0 Å². The predicted molar refractivity (Wildman–Crippen MR) is 71.4 cm³/mol. The van der Waals surface area contributed by atoms with E-state index in [1.165, 1.54) is 49.1 Å². The predicted octanol–water partition coefficient (Wildman–Crippen LogP) is 2.90. The molecule has 0 spiro atoms. The number of nitrogens with zero attached hydrogens (tertiary/aromatic N) is 2. The Hall–Kier alpha value is -0.830. The molecule has 0 aromatic carbocycles. The Bertz CT molecular complexity index is 381. The molecule has 2 rings (SSSR count). The average Bonchev–Trinajstić information content (AvgIpc) is 2.55. The van der Waals surface area contributed by atoms with Gasteiger partial charge in [-0.25, -0.2) is 0 Å². The maximum absolute atomic E-state index is 4.75. The number of nitrogens with one attached hydrogen (secondary N) is 1. The zero-order chi connectivity index (χ0) is 12.4. The topological polar surface area (TPSA) is 29.9 Å². The van der Waals surface area contributed by atoms with Gasteiger partial charge in [-0.05, 0) is 46.2 Å². The lowest BCUT2D eigenvalue weighted by atomic mass is 10.0. The van der Waals surface area contributed by atoms with E-state index in [0.717, 1.165) is 0 Å². The largest absolute Gasteiger partial charge is 0.315 e. The van der Waals surface area contributed by atoms with Crippen LogP contribution in [0.2, 0.25) is 0 Å². The first-order valence-corrected chi connectivity index (χ1v) is 6.84. The Balaban J connectivity index is 2.31. The van der Waals surface area contributed by atoms with Crippen molar-refractivity contribution in [3.63, 3.8) is 0 Å². The third-order valence-corrected chi connectivity index (χ3v) is 4.35. The molecule has 0 amide bonds. The third kappa shape index (κ3) is 2.39. The quantitative estimate of drug-likeness (QED) is 0.799. The minimum Gasteiger partial charge on any atom is -0.315 e. The van der Waals surface area contributed by atoms with Gasteiger partial charge in [-0.2, -0.15) is 5.10 Å². The van der Waals surface area contributed by atoms with Crippen molar-refractivity contribution in [2.75, 3.05) is 7.05 Å². The summed E-state index contributed by atoms with van der Waals surface area (Å²) in [4.78, 5) is 0. The fourth-order valence-corrected chi connectivity index (χ4v) is 2.99. The van der Waals surface area contributed by atoms with E-state index in [1.807, 2.05) is 0 Å². The molecule has 1 aromatic heterocycles. The first-order chi connectivity index (χ1) is 8.15. The van der Waals surface area contributed by atoms with Gasteiger partial charge in [0.05, 0.1) is 11.7 Å². The summed E-state index contributed by atoms with van der Waals surface area (Å²) in [6.07, 6.45) is 6.58. The molecular formula is C14H25N3. The van der Waals surface area contributed by atoms with Crippen LogP contribution >= 0.6 is 0 Å². The first kappa shape index (κ1) is 12.6. The van der Waals surface area contributed by atoms with Gasteiger partial charge in [-0.15, -0.1) is 0 Å². The van der Waals surface area contributed by atoms with Gasteiger partial charge < -0.3 is 5.32 Å². The molecule has 1 aliphatic carbocycles. The van der Waals surface area contributed by atoms with E-state index in [4.69, 9.17) is 5.10 Å². The lowest BCUT2D eigenvalue weighted by Crippen LogP contribution is -2.35. The molecule has 1 saturated carbocycles. The Labute approximate surface area is 105 Å². The normalized spacial score (nSPS) is 25.9. The van der Waals surface area contributed by atoms with Gasteiger partial charge in [0.2, 0.25) is 0 Å². The van der Waals surface area contributed by atoms with E-state index in [9.17, 15) is 0 Å². The van der Waals surface area contributed by atoms with Crippen LogP contribution < -0.4 is 5.32 Å². The molecule has 0 bridgehead atoms. The molecule has 96 valence electrons. The monoisotopic (exact) mass is 235 g/mol. The van der Waals surface area contributed by atoms with Gasteiger partial charge in [-0.1, -0.05) is 19.3 Å². The molecule has 1 heterocycles. The van der Waals surface area contributed by atoms with E-state index >= 15 is 0 Å². The molecule has 3 heteroatoms. The second-order valence-corrected chi connectivity index (χ2v) is 5.34. The summed E-state index contributed by atoms with van der Waals surface area (Å²) in [5.41, 5.74) is 3.88. The van der Waals surface area contributed by atoms with Crippen LogP contribution in [0, 0.1) is 20.8 Å². The summed E-state index contributed by atoms with van der Waals surface area (Å²) in [7, 11) is 2.08. The van der Waals surface area contributed by atoms with E-state index in [2.05, 4.69) is 37.8 Å². The van der Waals surface area contributed by atoms with Crippen LogP contribution in [-0.2, 0) is 0 Å². The van der Waals surface area contributed by atoms with Crippen molar-refractivity contribution in [3.8, 4) is 0 Å². The van der Waals surface area contributed by atoms with Gasteiger partial charge in [0.1, 0.15) is 0 Å². The van der Waals surface area contributed by atoms with Crippen molar-refractivity contribution < 1.29 is 0 Å². The Morgan fingerprint density at radius 3 is 2.41 bits per heavy atom. The summed E-state index contributed by atoms with van der Waals surface area (Å²) < 4.78 is 2.27. The molecule has 0 saturated heterocycles. The fourth-order valence-electron chi connectivity index (χ4n) is 2.99. The lowest BCUT2D eigenvalue weighted by molar-refractivity contribution is 0.317. The van der Waals surface area contributed by atoms with Gasteiger partial charge in [0.15, 0.2) is 0 Å². The average molecular weight is 235 g/mol. The van der Waals surface area contributed by atoms with Crippen LogP contribution in [0.3, 0.4) is 0 Å². The lowest BCUT2D eigenvalue weighted by Gasteiger charge is -2.26. The Kier molecular flexibility index (Phi) is 3.87. The van der Waals surface area contributed by atoms with Crippen molar-refractivity contribution in [1.82, 2.24) is 15.1 Å². The molecule has 2 atom stereocenters. The number of hydrogen-bond acceptors (Lipinski definition) is 2. The van der Waals surface area contributed by atoms with Crippen LogP contribution in [0.15, 0.2) is 0 Å². The highest BCUT2D eigenvalue weighted by atomic mass is 15.3. The molecule has 17 heavy (non-hydrogen) atoms. The van der Waals surface area contributed by atoms with Crippen LogP contribution in [0.25, 0.3) is 0 Å². The zero-order valence-electron chi connectivity index (χ0n) is 11.6. The summed E-state index contributed by atoms with van der Waals surface area (Å²) >= 11 is 0. The van der Waals surface area contributed by atoms with Gasteiger partial charge in [-0.3, -0.25) is 4.68 Å². The smallest absolute Gasteiger partial charge is 0.0675 e. The zero-order valence-corrected chi connectivity index (χ0v) is 11.6. The van der Waals surface area contributed by atoms with Crippen molar-refractivity contribution in [2.24, 2.45) is 0 Å². The highest BCUT2D eigenvalue weighted by Gasteiger charge is 2.26. The number of aryl methyl sites for hydroxylation is 1. The number of hydrogen-bond donors (Lipinski definition) is 1. The minimum absolute atomic E-state index is 0.537. The summed E-state index contributed by atoms with van der Waals surface area (Å²) in [5.74, 6) is 0. The molecule has 0 aliphatic heterocycles. The van der Waals surface area contributed by atoms with Crippen molar-refractivity contribution >= 4 is 0 Å².